The third-order valence-corrected chi connectivity index (χ3v) is 3.77. The van der Waals surface area contributed by atoms with E-state index in [1.54, 1.807) is 0 Å². The monoisotopic (exact) mass is 286 g/mol. The average Bonchev–Trinajstić information content (AvgIpc) is 2.45. The topological polar surface area (TPSA) is 26.3 Å². The molecule has 1 aliphatic carbocycles. The summed E-state index contributed by atoms with van der Waals surface area (Å²) in [7, 11) is 1.36. The first-order chi connectivity index (χ1) is 9.43. The molecular formula is C15H17F3O2. The second-order valence-electron chi connectivity index (χ2n) is 5.11. The van der Waals surface area contributed by atoms with Gasteiger partial charge < -0.3 is 4.74 Å². The van der Waals surface area contributed by atoms with Crippen molar-refractivity contribution in [3.8, 4) is 5.75 Å². The molecule has 1 fully saturated rings. The molecule has 1 aliphatic rings. The molecule has 5 heteroatoms. The van der Waals surface area contributed by atoms with E-state index < -0.39 is 11.7 Å². The van der Waals surface area contributed by atoms with E-state index in [0.29, 0.717) is 0 Å². The Hall–Kier alpha value is -1.52. The van der Waals surface area contributed by atoms with Gasteiger partial charge in [-0.1, -0.05) is 19.3 Å². The Balaban J connectivity index is 2.34. The lowest BCUT2D eigenvalue weighted by Gasteiger charge is -2.21. The lowest BCUT2D eigenvalue weighted by molar-refractivity contribution is -0.137. The molecule has 2 nitrogen and oxygen atoms in total. The van der Waals surface area contributed by atoms with Gasteiger partial charge in [-0.25, -0.2) is 0 Å². The molecule has 0 atom stereocenters. The second kappa shape index (κ2) is 5.85. The smallest absolute Gasteiger partial charge is 0.416 e. The molecule has 110 valence electrons. The van der Waals surface area contributed by atoms with Crippen LogP contribution in [0.3, 0.4) is 0 Å². The highest BCUT2D eigenvalue weighted by Crippen LogP contribution is 2.35. The molecule has 1 aromatic carbocycles. The molecule has 20 heavy (non-hydrogen) atoms. The SMILES string of the molecule is COc1ccc(C(F)(F)F)cc1C(=O)C1CCCCC1. The molecule has 0 heterocycles. The molecule has 0 N–H and O–H groups in total. The van der Waals surface area contributed by atoms with E-state index in [1.165, 1.54) is 13.2 Å². The maximum atomic E-state index is 12.8. The normalized spacial score (nSPS) is 17.0. The zero-order chi connectivity index (χ0) is 14.8. The summed E-state index contributed by atoms with van der Waals surface area (Å²) in [4.78, 5) is 12.4. The predicted molar refractivity (Wildman–Crippen MR) is 68.9 cm³/mol. The number of benzene rings is 1. The van der Waals surface area contributed by atoms with Crippen LogP contribution in [0.5, 0.6) is 5.75 Å². The van der Waals surface area contributed by atoms with E-state index in [4.69, 9.17) is 4.74 Å². The van der Waals surface area contributed by atoms with Gasteiger partial charge in [0.2, 0.25) is 0 Å². The minimum absolute atomic E-state index is 0.0502. The minimum Gasteiger partial charge on any atom is -0.496 e. The Morgan fingerprint density at radius 1 is 1.20 bits per heavy atom. The number of halogens is 3. The van der Waals surface area contributed by atoms with Crippen molar-refractivity contribution in [1.29, 1.82) is 0 Å². The minimum atomic E-state index is -4.45. The number of alkyl halides is 3. The summed E-state index contributed by atoms with van der Waals surface area (Å²) in [6.07, 6.45) is 0.0448. The third-order valence-electron chi connectivity index (χ3n) is 3.77. The maximum Gasteiger partial charge on any atom is 0.416 e. The number of methoxy groups -OCH3 is 1. The van der Waals surface area contributed by atoms with Crippen LogP contribution in [-0.4, -0.2) is 12.9 Å². The van der Waals surface area contributed by atoms with E-state index in [0.717, 1.165) is 44.2 Å². The lowest BCUT2D eigenvalue weighted by Crippen LogP contribution is -2.19. The fourth-order valence-corrected chi connectivity index (χ4v) is 2.66. The highest BCUT2D eigenvalue weighted by atomic mass is 19.4. The van der Waals surface area contributed by atoms with Crippen LogP contribution in [0.4, 0.5) is 13.2 Å². The van der Waals surface area contributed by atoms with Crippen molar-refractivity contribution in [3.05, 3.63) is 29.3 Å². The van der Waals surface area contributed by atoms with Gasteiger partial charge in [0, 0.05) is 5.92 Å². The van der Waals surface area contributed by atoms with Gasteiger partial charge in [0.25, 0.3) is 0 Å². The highest BCUT2D eigenvalue weighted by Gasteiger charge is 2.33. The van der Waals surface area contributed by atoms with Gasteiger partial charge in [0.1, 0.15) is 5.75 Å². The Labute approximate surface area is 115 Å². The standard InChI is InChI=1S/C15H17F3O2/c1-20-13-8-7-11(15(16,17)18)9-12(13)14(19)10-5-3-2-4-6-10/h7-10H,2-6H2,1H3. The summed E-state index contributed by atoms with van der Waals surface area (Å²) in [6, 6.07) is 3.07. The Bertz CT molecular complexity index is 488. The first-order valence-electron chi connectivity index (χ1n) is 6.73. The Morgan fingerprint density at radius 2 is 1.85 bits per heavy atom. The first-order valence-corrected chi connectivity index (χ1v) is 6.73. The van der Waals surface area contributed by atoms with Crippen LogP contribution in [0.15, 0.2) is 18.2 Å². The Morgan fingerprint density at radius 3 is 2.40 bits per heavy atom. The number of ketones is 1. The van der Waals surface area contributed by atoms with Crippen molar-refractivity contribution in [3.63, 3.8) is 0 Å². The van der Waals surface area contributed by atoms with Gasteiger partial charge in [-0.3, -0.25) is 4.79 Å². The van der Waals surface area contributed by atoms with Gasteiger partial charge in [-0.15, -0.1) is 0 Å². The molecule has 2 rings (SSSR count). The van der Waals surface area contributed by atoms with Crippen LogP contribution >= 0.6 is 0 Å². The number of carbonyl (C=O) groups excluding carboxylic acids is 1. The predicted octanol–water partition coefficient (Wildman–Crippen LogP) is 4.48. The Kier molecular flexibility index (Phi) is 4.35. The van der Waals surface area contributed by atoms with E-state index in [-0.39, 0.29) is 23.0 Å². The number of carbonyl (C=O) groups is 1. The summed E-state index contributed by atoms with van der Waals surface area (Å²) in [6.45, 7) is 0. The van der Waals surface area contributed by atoms with Crippen LogP contribution in [0.2, 0.25) is 0 Å². The van der Waals surface area contributed by atoms with Gasteiger partial charge in [-0.2, -0.15) is 13.2 Å². The fourth-order valence-electron chi connectivity index (χ4n) is 2.66. The van der Waals surface area contributed by atoms with Crippen LogP contribution in [0.25, 0.3) is 0 Å². The molecule has 0 amide bonds. The van der Waals surface area contributed by atoms with Gasteiger partial charge in [0.15, 0.2) is 5.78 Å². The summed E-state index contributed by atoms with van der Waals surface area (Å²) < 4.78 is 43.3. The van der Waals surface area contributed by atoms with Crippen LogP contribution in [0.1, 0.15) is 48.0 Å². The van der Waals surface area contributed by atoms with Gasteiger partial charge in [-0.05, 0) is 31.0 Å². The quantitative estimate of drug-likeness (QED) is 0.766. The van der Waals surface area contributed by atoms with Gasteiger partial charge >= 0.3 is 6.18 Å². The highest BCUT2D eigenvalue weighted by molar-refractivity contribution is 6.00. The molecule has 0 unspecified atom stereocenters. The van der Waals surface area contributed by atoms with E-state index in [9.17, 15) is 18.0 Å². The van der Waals surface area contributed by atoms with Crippen molar-refractivity contribution in [2.45, 2.75) is 38.3 Å². The molecule has 0 aliphatic heterocycles. The van der Waals surface area contributed by atoms with Crippen molar-refractivity contribution in [2.24, 2.45) is 5.92 Å². The summed E-state index contributed by atoms with van der Waals surface area (Å²) in [5.41, 5.74) is -0.758. The van der Waals surface area contributed by atoms with Crippen LogP contribution in [0, 0.1) is 5.92 Å². The summed E-state index contributed by atoms with van der Waals surface area (Å²) in [5, 5.41) is 0. The van der Waals surface area contributed by atoms with Crippen molar-refractivity contribution >= 4 is 5.78 Å². The number of rotatable bonds is 3. The van der Waals surface area contributed by atoms with Gasteiger partial charge in [0.05, 0.1) is 18.2 Å². The van der Waals surface area contributed by atoms with E-state index in [1.807, 2.05) is 0 Å². The number of hydrogen-bond acceptors (Lipinski definition) is 2. The molecule has 1 saturated carbocycles. The van der Waals surface area contributed by atoms with Crippen LogP contribution < -0.4 is 4.74 Å². The zero-order valence-corrected chi connectivity index (χ0v) is 11.3. The first kappa shape index (κ1) is 14.9. The molecule has 1 aromatic rings. The third kappa shape index (κ3) is 3.14. The molecule has 0 radical (unpaired) electrons. The number of Topliss-reactive ketones (excluding diaryl/α,β-unsaturated/α-hetero) is 1. The summed E-state index contributed by atoms with van der Waals surface area (Å²) in [5.74, 6) is -0.192. The largest absolute Gasteiger partial charge is 0.496 e. The average molecular weight is 286 g/mol. The maximum absolute atomic E-state index is 12.8. The van der Waals surface area contributed by atoms with E-state index in [2.05, 4.69) is 0 Å². The van der Waals surface area contributed by atoms with E-state index >= 15 is 0 Å². The molecule has 0 spiro atoms. The van der Waals surface area contributed by atoms with Crippen LogP contribution in [-0.2, 0) is 6.18 Å². The molecule has 0 aromatic heterocycles. The zero-order valence-electron chi connectivity index (χ0n) is 11.3. The number of hydrogen-bond donors (Lipinski definition) is 0. The van der Waals surface area contributed by atoms with Crippen molar-refractivity contribution < 1.29 is 22.7 Å². The number of ether oxygens (including phenoxy) is 1. The molecule has 0 bridgehead atoms. The molecule has 0 saturated heterocycles. The van der Waals surface area contributed by atoms with Crippen molar-refractivity contribution in [1.82, 2.24) is 0 Å². The lowest BCUT2D eigenvalue weighted by atomic mass is 9.83. The summed E-state index contributed by atoms with van der Waals surface area (Å²) >= 11 is 0. The van der Waals surface area contributed by atoms with Crippen molar-refractivity contribution in [2.75, 3.05) is 7.11 Å². The fraction of sp³-hybridized carbons (Fsp3) is 0.533. The second-order valence-corrected chi connectivity index (χ2v) is 5.11. The molecular weight excluding hydrogens is 269 g/mol.